The first-order chi connectivity index (χ1) is 8.24. The van der Waals surface area contributed by atoms with Gasteiger partial charge in [-0.15, -0.1) is 0 Å². The standard InChI is InChI=1S/C14H19FN2/c15-13-4-2-1-3-12(13)14(16)9-17-8-10-5-6-11(17)7-10/h1-4,10-11,14H,5-9,16H2. The van der Waals surface area contributed by atoms with Crippen LogP contribution in [0.5, 0.6) is 0 Å². The minimum absolute atomic E-state index is 0.177. The van der Waals surface area contributed by atoms with Crippen molar-refractivity contribution in [1.82, 2.24) is 4.90 Å². The Kier molecular flexibility index (Phi) is 2.89. The van der Waals surface area contributed by atoms with Crippen LogP contribution in [0.1, 0.15) is 30.9 Å². The Morgan fingerprint density at radius 2 is 2.18 bits per heavy atom. The van der Waals surface area contributed by atoms with E-state index >= 15 is 0 Å². The summed E-state index contributed by atoms with van der Waals surface area (Å²) in [6, 6.07) is 7.37. The van der Waals surface area contributed by atoms with Crippen LogP contribution < -0.4 is 5.73 Å². The first-order valence-electron chi connectivity index (χ1n) is 6.48. The van der Waals surface area contributed by atoms with Gasteiger partial charge in [-0.3, -0.25) is 4.90 Å². The molecule has 17 heavy (non-hydrogen) atoms. The summed E-state index contributed by atoms with van der Waals surface area (Å²) in [4.78, 5) is 2.45. The fraction of sp³-hybridized carbons (Fsp3) is 0.571. The van der Waals surface area contributed by atoms with Crippen LogP contribution in [0.15, 0.2) is 24.3 Å². The van der Waals surface area contributed by atoms with Crippen molar-refractivity contribution in [3.8, 4) is 0 Å². The van der Waals surface area contributed by atoms with Gasteiger partial charge in [-0.2, -0.15) is 0 Å². The van der Waals surface area contributed by atoms with Crippen LogP contribution in [0, 0.1) is 11.7 Å². The third-order valence-corrected chi connectivity index (χ3v) is 4.26. The van der Waals surface area contributed by atoms with E-state index in [1.54, 1.807) is 12.1 Å². The molecule has 2 fully saturated rings. The van der Waals surface area contributed by atoms with Crippen LogP contribution in [-0.2, 0) is 0 Å². The number of hydrogen-bond donors (Lipinski definition) is 1. The van der Waals surface area contributed by atoms with E-state index in [-0.39, 0.29) is 11.9 Å². The number of piperidine rings is 1. The van der Waals surface area contributed by atoms with Crippen molar-refractivity contribution in [2.75, 3.05) is 13.1 Å². The number of halogens is 1. The summed E-state index contributed by atoms with van der Waals surface area (Å²) in [6.07, 6.45) is 3.99. The molecule has 92 valence electrons. The van der Waals surface area contributed by atoms with Crippen LogP contribution in [-0.4, -0.2) is 24.0 Å². The number of fused-ring (bicyclic) bond motifs is 2. The van der Waals surface area contributed by atoms with Gasteiger partial charge in [0.1, 0.15) is 5.82 Å². The average molecular weight is 234 g/mol. The van der Waals surface area contributed by atoms with E-state index < -0.39 is 0 Å². The van der Waals surface area contributed by atoms with Gasteiger partial charge in [0.25, 0.3) is 0 Å². The predicted molar refractivity (Wildman–Crippen MR) is 66.0 cm³/mol. The van der Waals surface area contributed by atoms with Crippen LogP contribution >= 0.6 is 0 Å². The highest BCUT2D eigenvalue weighted by Crippen LogP contribution is 2.37. The third-order valence-electron chi connectivity index (χ3n) is 4.26. The van der Waals surface area contributed by atoms with Crippen molar-refractivity contribution in [2.24, 2.45) is 11.7 Å². The largest absolute Gasteiger partial charge is 0.323 e. The summed E-state index contributed by atoms with van der Waals surface area (Å²) in [6.45, 7) is 1.95. The molecule has 1 saturated heterocycles. The van der Waals surface area contributed by atoms with Gasteiger partial charge in [-0.25, -0.2) is 4.39 Å². The average Bonchev–Trinajstić information content (AvgIpc) is 2.91. The van der Waals surface area contributed by atoms with E-state index in [0.29, 0.717) is 11.6 Å². The molecule has 3 unspecified atom stereocenters. The first kappa shape index (κ1) is 11.2. The monoisotopic (exact) mass is 234 g/mol. The second-order valence-electron chi connectivity index (χ2n) is 5.41. The molecule has 3 rings (SSSR count). The van der Waals surface area contributed by atoms with E-state index in [2.05, 4.69) is 4.90 Å². The lowest BCUT2D eigenvalue weighted by Crippen LogP contribution is -2.38. The predicted octanol–water partition coefficient (Wildman–Crippen LogP) is 2.31. The molecule has 0 aromatic heterocycles. The fourth-order valence-electron chi connectivity index (χ4n) is 3.38. The zero-order valence-electron chi connectivity index (χ0n) is 9.98. The Balaban J connectivity index is 1.68. The maximum Gasteiger partial charge on any atom is 0.128 e. The van der Waals surface area contributed by atoms with Gasteiger partial charge in [0.05, 0.1) is 0 Å². The quantitative estimate of drug-likeness (QED) is 0.869. The normalized spacial score (nSPS) is 29.8. The molecule has 0 spiro atoms. The Morgan fingerprint density at radius 1 is 1.35 bits per heavy atom. The summed E-state index contributed by atoms with van der Waals surface area (Å²) in [5, 5.41) is 0. The molecule has 1 aromatic carbocycles. The lowest BCUT2D eigenvalue weighted by atomic mass is 10.0. The highest BCUT2D eigenvalue weighted by molar-refractivity contribution is 5.21. The second kappa shape index (κ2) is 4.39. The van der Waals surface area contributed by atoms with Crippen molar-refractivity contribution < 1.29 is 4.39 Å². The van der Waals surface area contributed by atoms with Crippen LogP contribution in [0.3, 0.4) is 0 Å². The molecule has 1 heterocycles. The van der Waals surface area contributed by atoms with E-state index in [1.807, 2.05) is 6.07 Å². The molecule has 3 heteroatoms. The molecule has 3 atom stereocenters. The smallest absolute Gasteiger partial charge is 0.128 e. The van der Waals surface area contributed by atoms with Gasteiger partial charge >= 0.3 is 0 Å². The molecule has 2 N–H and O–H groups in total. The van der Waals surface area contributed by atoms with Gasteiger partial charge in [0.15, 0.2) is 0 Å². The highest BCUT2D eigenvalue weighted by Gasteiger charge is 2.38. The fourth-order valence-corrected chi connectivity index (χ4v) is 3.38. The summed E-state index contributed by atoms with van der Waals surface area (Å²) in [5.41, 5.74) is 6.77. The van der Waals surface area contributed by atoms with Crippen molar-refractivity contribution >= 4 is 0 Å². The molecular formula is C14H19FN2. The van der Waals surface area contributed by atoms with E-state index in [9.17, 15) is 4.39 Å². The van der Waals surface area contributed by atoms with Gasteiger partial charge in [0.2, 0.25) is 0 Å². The molecule has 2 nitrogen and oxygen atoms in total. The van der Waals surface area contributed by atoms with Crippen LogP contribution in [0.25, 0.3) is 0 Å². The van der Waals surface area contributed by atoms with Crippen molar-refractivity contribution in [3.63, 3.8) is 0 Å². The number of rotatable bonds is 3. The molecule has 2 aliphatic rings. The minimum atomic E-state index is -0.199. The van der Waals surface area contributed by atoms with Gasteiger partial charge in [-0.1, -0.05) is 18.2 Å². The van der Waals surface area contributed by atoms with Crippen molar-refractivity contribution in [1.29, 1.82) is 0 Å². The lowest BCUT2D eigenvalue weighted by molar-refractivity contribution is 0.201. The molecule has 1 aliphatic heterocycles. The summed E-state index contributed by atoms with van der Waals surface area (Å²) in [7, 11) is 0. The summed E-state index contributed by atoms with van der Waals surface area (Å²) in [5.74, 6) is 0.692. The lowest BCUT2D eigenvalue weighted by Gasteiger charge is -2.29. The van der Waals surface area contributed by atoms with Crippen molar-refractivity contribution in [2.45, 2.75) is 31.3 Å². The number of nitrogens with two attached hydrogens (primary N) is 1. The molecule has 0 radical (unpaired) electrons. The molecule has 1 aromatic rings. The van der Waals surface area contributed by atoms with E-state index in [0.717, 1.165) is 19.0 Å². The molecule has 1 aliphatic carbocycles. The third kappa shape index (κ3) is 2.09. The zero-order valence-corrected chi connectivity index (χ0v) is 9.98. The Bertz CT molecular complexity index is 407. The first-order valence-corrected chi connectivity index (χ1v) is 6.48. The molecule has 2 bridgehead atoms. The SMILES string of the molecule is NC(CN1CC2CCC1C2)c1ccccc1F. The van der Waals surface area contributed by atoms with Gasteiger partial charge in [0, 0.05) is 30.7 Å². The summed E-state index contributed by atoms with van der Waals surface area (Å²) < 4.78 is 13.6. The highest BCUT2D eigenvalue weighted by atomic mass is 19.1. The Labute approximate surface area is 102 Å². The number of likely N-dealkylation sites (tertiary alicyclic amines) is 1. The topological polar surface area (TPSA) is 29.3 Å². The number of nitrogens with zero attached hydrogens (tertiary/aromatic N) is 1. The van der Waals surface area contributed by atoms with Gasteiger partial charge in [-0.05, 0) is 31.2 Å². The van der Waals surface area contributed by atoms with E-state index in [4.69, 9.17) is 5.73 Å². The Morgan fingerprint density at radius 3 is 2.82 bits per heavy atom. The maximum absolute atomic E-state index is 13.6. The van der Waals surface area contributed by atoms with Crippen LogP contribution in [0.2, 0.25) is 0 Å². The maximum atomic E-state index is 13.6. The zero-order chi connectivity index (χ0) is 11.8. The van der Waals surface area contributed by atoms with Crippen LogP contribution in [0.4, 0.5) is 4.39 Å². The Hall–Kier alpha value is -0.930. The molecule has 1 saturated carbocycles. The summed E-state index contributed by atoms with van der Waals surface area (Å²) >= 11 is 0. The molecular weight excluding hydrogens is 215 g/mol. The minimum Gasteiger partial charge on any atom is -0.323 e. The molecule has 0 amide bonds. The number of benzene rings is 1. The van der Waals surface area contributed by atoms with Crippen molar-refractivity contribution in [3.05, 3.63) is 35.6 Å². The van der Waals surface area contributed by atoms with E-state index in [1.165, 1.54) is 25.3 Å². The van der Waals surface area contributed by atoms with Gasteiger partial charge < -0.3 is 5.73 Å². The second-order valence-corrected chi connectivity index (χ2v) is 5.41. The number of hydrogen-bond acceptors (Lipinski definition) is 2.